The van der Waals surface area contributed by atoms with Gasteiger partial charge in [0.1, 0.15) is 6.10 Å². The molecular weight excluding hydrogens is 278 g/mol. The van der Waals surface area contributed by atoms with Gasteiger partial charge in [-0.1, -0.05) is 19.3 Å². The van der Waals surface area contributed by atoms with Crippen molar-refractivity contribution < 1.29 is 9.47 Å². The molecule has 2 aliphatic rings. The molecule has 0 radical (unpaired) electrons. The van der Waals surface area contributed by atoms with E-state index < -0.39 is 0 Å². The van der Waals surface area contributed by atoms with Gasteiger partial charge in [-0.25, -0.2) is 0 Å². The molecule has 2 heterocycles. The highest BCUT2D eigenvalue weighted by Gasteiger charge is 2.24. The highest BCUT2D eigenvalue weighted by Crippen LogP contribution is 2.26. The lowest BCUT2D eigenvalue weighted by Crippen LogP contribution is -2.31. The Balaban J connectivity index is 1.51. The lowest BCUT2D eigenvalue weighted by Gasteiger charge is -2.25. The van der Waals surface area contributed by atoms with Crippen LogP contribution in [0, 0.1) is 5.92 Å². The Morgan fingerprint density at radius 1 is 1.32 bits per heavy atom. The molecule has 1 aliphatic heterocycles. The second kappa shape index (κ2) is 8.09. The standard InChI is InChI=1S/C17H29N3O2/c1-21-10-8-20-13-15-7-9-22-16(17(15)19-20)12-18-11-14-5-3-2-4-6-14/h13-14,16,18H,2-12H2,1H3. The minimum atomic E-state index is 0.108. The SMILES string of the molecule is COCCn1cc2c(n1)C(CNCC1CCCCC1)OCC2. The van der Waals surface area contributed by atoms with Gasteiger partial charge in [0.15, 0.2) is 0 Å². The fraction of sp³-hybridized carbons (Fsp3) is 0.824. The first-order valence-corrected chi connectivity index (χ1v) is 8.74. The third-order valence-corrected chi connectivity index (χ3v) is 4.88. The van der Waals surface area contributed by atoms with E-state index in [1.165, 1.54) is 37.7 Å². The number of fused-ring (bicyclic) bond motifs is 1. The van der Waals surface area contributed by atoms with Crippen molar-refractivity contribution in [2.24, 2.45) is 5.92 Å². The Hall–Kier alpha value is -0.910. The first-order chi connectivity index (χ1) is 10.9. The number of ether oxygens (including phenoxy) is 2. The van der Waals surface area contributed by atoms with E-state index in [2.05, 4.69) is 11.5 Å². The molecule has 1 atom stereocenters. The fourth-order valence-electron chi connectivity index (χ4n) is 3.60. The number of rotatable bonds is 7. The van der Waals surface area contributed by atoms with E-state index >= 15 is 0 Å². The summed E-state index contributed by atoms with van der Waals surface area (Å²) in [5.74, 6) is 0.857. The van der Waals surface area contributed by atoms with Crippen LogP contribution < -0.4 is 5.32 Å². The third kappa shape index (κ3) is 4.09. The number of nitrogens with one attached hydrogen (secondary N) is 1. The maximum absolute atomic E-state index is 5.94. The zero-order valence-electron chi connectivity index (χ0n) is 13.7. The van der Waals surface area contributed by atoms with Gasteiger partial charge in [0.05, 0.1) is 25.5 Å². The highest BCUT2D eigenvalue weighted by atomic mass is 16.5. The Morgan fingerprint density at radius 3 is 3.00 bits per heavy atom. The number of nitrogens with zero attached hydrogens (tertiary/aromatic N) is 2. The van der Waals surface area contributed by atoms with Crippen molar-refractivity contribution >= 4 is 0 Å². The van der Waals surface area contributed by atoms with Crippen molar-refractivity contribution in [2.45, 2.75) is 51.2 Å². The van der Waals surface area contributed by atoms with Gasteiger partial charge in [-0.15, -0.1) is 0 Å². The summed E-state index contributed by atoms with van der Waals surface area (Å²) in [6.07, 6.45) is 10.2. The first-order valence-electron chi connectivity index (χ1n) is 8.74. The average molecular weight is 307 g/mol. The predicted octanol–water partition coefficient (Wildman–Crippen LogP) is 2.31. The summed E-state index contributed by atoms with van der Waals surface area (Å²) in [7, 11) is 1.73. The largest absolute Gasteiger partial charge is 0.383 e. The van der Waals surface area contributed by atoms with E-state index in [-0.39, 0.29) is 6.10 Å². The lowest BCUT2D eigenvalue weighted by atomic mass is 9.89. The Kier molecular flexibility index (Phi) is 5.87. The van der Waals surface area contributed by atoms with Crippen LogP contribution in [0.3, 0.4) is 0 Å². The molecule has 22 heavy (non-hydrogen) atoms. The van der Waals surface area contributed by atoms with Gasteiger partial charge in [0, 0.05) is 19.9 Å². The van der Waals surface area contributed by atoms with Crippen molar-refractivity contribution in [3.05, 3.63) is 17.5 Å². The predicted molar refractivity (Wildman–Crippen MR) is 85.9 cm³/mol. The molecule has 1 unspecified atom stereocenters. The summed E-state index contributed by atoms with van der Waals surface area (Å²) in [6, 6.07) is 0. The van der Waals surface area contributed by atoms with Gasteiger partial charge in [0.25, 0.3) is 0 Å². The van der Waals surface area contributed by atoms with Gasteiger partial charge >= 0.3 is 0 Å². The molecule has 1 aliphatic carbocycles. The van der Waals surface area contributed by atoms with Crippen LogP contribution in [-0.4, -0.2) is 43.2 Å². The summed E-state index contributed by atoms with van der Waals surface area (Å²) in [5, 5.41) is 8.33. The van der Waals surface area contributed by atoms with E-state index in [1.807, 2.05) is 4.68 Å². The van der Waals surface area contributed by atoms with E-state index in [1.54, 1.807) is 7.11 Å². The Morgan fingerprint density at radius 2 is 2.18 bits per heavy atom. The molecule has 1 aromatic heterocycles. The minimum Gasteiger partial charge on any atom is -0.383 e. The molecule has 0 aromatic carbocycles. The van der Waals surface area contributed by atoms with Crippen LogP contribution in [0.4, 0.5) is 0 Å². The molecule has 0 amide bonds. The lowest BCUT2D eigenvalue weighted by molar-refractivity contribution is 0.0385. The van der Waals surface area contributed by atoms with E-state index in [0.717, 1.165) is 44.3 Å². The molecule has 0 saturated heterocycles. The van der Waals surface area contributed by atoms with Crippen molar-refractivity contribution in [1.82, 2.24) is 15.1 Å². The van der Waals surface area contributed by atoms with Crippen LogP contribution in [0.5, 0.6) is 0 Å². The Bertz CT molecular complexity index is 455. The third-order valence-electron chi connectivity index (χ3n) is 4.88. The molecule has 0 spiro atoms. The summed E-state index contributed by atoms with van der Waals surface area (Å²) >= 11 is 0. The second-order valence-corrected chi connectivity index (χ2v) is 6.57. The molecule has 3 rings (SSSR count). The summed E-state index contributed by atoms with van der Waals surface area (Å²) < 4.78 is 13.1. The number of aromatic nitrogens is 2. The summed E-state index contributed by atoms with van der Waals surface area (Å²) in [5.41, 5.74) is 2.46. The van der Waals surface area contributed by atoms with Crippen LogP contribution in [0.2, 0.25) is 0 Å². The van der Waals surface area contributed by atoms with Crippen molar-refractivity contribution in [3.8, 4) is 0 Å². The second-order valence-electron chi connectivity index (χ2n) is 6.57. The van der Waals surface area contributed by atoms with Crippen LogP contribution in [-0.2, 0) is 22.4 Å². The molecule has 124 valence electrons. The van der Waals surface area contributed by atoms with Gasteiger partial charge in [0.2, 0.25) is 0 Å². The fourth-order valence-corrected chi connectivity index (χ4v) is 3.60. The van der Waals surface area contributed by atoms with Crippen molar-refractivity contribution in [1.29, 1.82) is 0 Å². The molecule has 0 bridgehead atoms. The van der Waals surface area contributed by atoms with Crippen LogP contribution in [0.1, 0.15) is 49.5 Å². The smallest absolute Gasteiger partial charge is 0.114 e. The maximum Gasteiger partial charge on any atom is 0.114 e. The van der Waals surface area contributed by atoms with Gasteiger partial charge in [-0.2, -0.15) is 5.10 Å². The van der Waals surface area contributed by atoms with Gasteiger partial charge in [-0.05, 0) is 37.3 Å². The van der Waals surface area contributed by atoms with Crippen LogP contribution in [0.15, 0.2) is 6.20 Å². The molecule has 1 fully saturated rings. The summed E-state index contributed by atoms with van der Waals surface area (Å²) in [6.45, 7) is 4.32. The molecule has 5 heteroatoms. The van der Waals surface area contributed by atoms with E-state index in [0.29, 0.717) is 6.61 Å². The monoisotopic (exact) mass is 307 g/mol. The molecule has 1 N–H and O–H groups in total. The van der Waals surface area contributed by atoms with Crippen LogP contribution >= 0.6 is 0 Å². The quantitative estimate of drug-likeness (QED) is 0.840. The van der Waals surface area contributed by atoms with E-state index in [4.69, 9.17) is 14.6 Å². The van der Waals surface area contributed by atoms with Crippen molar-refractivity contribution in [3.63, 3.8) is 0 Å². The number of methoxy groups -OCH3 is 1. The molecule has 1 aromatic rings. The average Bonchev–Trinajstić information content (AvgIpc) is 2.98. The van der Waals surface area contributed by atoms with Crippen LogP contribution in [0.25, 0.3) is 0 Å². The van der Waals surface area contributed by atoms with Gasteiger partial charge < -0.3 is 14.8 Å². The zero-order chi connectivity index (χ0) is 15.2. The molecule has 5 nitrogen and oxygen atoms in total. The first kappa shape index (κ1) is 16.0. The highest BCUT2D eigenvalue weighted by molar-refractivity contribution is 5.22. The normalized spacial score (nSPS) is 22.7. The van der Waals surface area contributed by atoms with Gasteiger partial charge in [-0.3, -0.25) is 4.68 Å². The minimum absolute atomic E-state index is 0.108. The van der Waals surface area contributed by atoms with E-state index in [9.17, 15) is 0 Å². The Labute approximate surface area is 133 Å². The number of hydrogen-bond donors (Lipinski definition) is 1. The maximum atomic E-state index is 5.94. The molecule has 1 saturated carbocycles. The van der Waals surface area contributed by atoms with Crippen molar-refractivity contribution in [2.75, 3.05) is 33.4 Å². The molecular formula is C17H29N3O2. The summed E-state index contributed by atoms with van der Waals surface area (Å²) in [4.78, 5) is 0. The zero-order valence-corrected chi connectivity index (χ0v) is 13.7. The topological polar surface area (TPSA) is 48.3 Å². The number of hydrogen-bond acceptors (Lipinski definition) is 4.